The van der Waals surface area contributed by atoms with Gasteiger partial charge >= 0.3 is 0 Å². The third-order valence-electron chi connectivity index (χ3n) is 2.37. The Kier molecular flexibility index (Phi) is 6.03. The predicted molar refractivity (Wildman–Crippen MR) is 61.9 cm³/mol. The SMILES string of the molecule is CCCC(C)(O)CNC(=O)CN(C)C(C)=O. The van der Waals surface area contributed by atoms with Crippen LogP contribution in [0.25, 0.3) is 0 Å². The number of aliphatic hydroxyl groups is 1. The molecular formula is C11H22N2O3. The molecule has 0 saturated heterocycles. The van der Waals surface area contributed by atoms with Gasteiger partial charge < -0.3 is 15.3 Å². The molecule has 0 fully saturated rings. The summed E-state index contributed by atoms with van der Waals surface area (Å²) in [6, 6.07) is 0. The minimum absolute atomic E-state index is 0.0253. The van der Waals surface area contributed by atoms with Gasteiger partial charge in [0.2, 0.25) is 11.8 Å². The molecule has 0 aromatic heterocycles. The number of nitrogens with zero attached hydrogens (tertiary/aromatic N) is 1. The van der Waals surface area contributed by atoms with E-state index in [1.54, 1.807) is 14.0 Å². The van der Waals surface area contributed by atoms with Crippen LogP contribution in [0.4, 0.5) is 0 Å². The van der Waals surface area contributed by atoms with Crippen molar-refractivity contribution in [2.24, 2.45) is 0 Å². The molecule has 5 nitrogen and oxygen atoms in total. The Balaban J connectivity index is 3.94. The smallest absolute Gasteiger partial charge is 0.239 e. The van der Waals surface area contributed by atoms with Gasteiger partial charge in [-0.2, -0.15) is 0 Å². The molecule has 0 aliphatic carbocycles. The predicted octanol–water partition coefficient (Wildman–Crippen LogP) is 0.132. The first-order valence-electron chi connectivity index (χ1n) is 5.49. The van der Waals surface area contributed by atoms with Crippen molar-refractivity contribution in [1.82, 2.24) is 10.2 Å². The van der Waals surface area contributed by atoms with E-state index in [0.717, 1.165) is 6.42 Å². The fourth-order valence-electron chi connectivity index (χ4n) is 1.30. The molecule has 5 heteroatoms. The van der Waals surface area contributed by atoms with Gasteiger partial charge in [-0.05, 0) is 13.3 Å². The van der Waals surface area contributed by atoms with Crippen LogP contribution in [0.2, 0.25) is 0 Å². The highest BCUT2D eigenvalue weighted by molar-refractivity contribution is 5.83. The van der Waals surface area contributed by atoms with E-state index in [-0.39, 0.29) is 24.9 Å². The maximum atomic E-state index is 11.4. The van der Waals surface area contributed by atoms with Gasteiger partial charge in [0, 0.05) is 20.5 Å². The van der Waals surface area contributed by atoms with E-state index >= 15 is 0 Å². The van der Waals surface area contributed by atoms with E-state index in [1.807, 2.05) is 6.92 Å². The zero-order chi connectivity index (χ0) is 12.8. The third kappa shape index (κ3) is 6.40. The van der Waals surface area contributed by atoms with Crippen molar-refractivity contribution in [1.29, 1.82) is 0 Å². The van der Waals surface area contributed by atoms with Gasteiger partial charge in [-0.1, -0.05) is 13.3 Å². The van der Waals surface area contributed by atoms with Gasteiger partial charge in [0.05, 0.1) is 12.1 Å². The van der Waals surface area contributed by atoms with Crippen molar-refractivity contribution in [3.63, 3.8) is 0 Å². The molecule has 16 heavy (non-hydrogen) atoms. The van der Waals surface area contributed by atoms with Gasteiger partial charge in [0.1, 0.15) is 0 Å². The van der Waals surface area contributed by atoms with Crippen LogP contribution in [0, 0.1) is 0 Å². The summed E-state index contributed by atoms with van der Waals surface area (Å²) in [7, 11) is 1.56. The van der Waals surface area contributed by atoms with E-state index < -0.39 is 5.60 Å². The number of likely N-dealkylation sites (N-methyl/N-ethyl adjacent to an activating group) is 1. The van der Waals surface area contributed by atoms with Crippen molar-refractivity contribution in [2.45, 2.75) is 39.2 Å². The first-order valence-corrected chi connectivity index (χ1v) is 5.49. The molecule has 0 spiro atoms. The average molecular weight is 230 g/mol. The topological polar surface area (TPSA) is 69.6 Å². The minimum Gasteiger partial charge on any atom is -0.388 e. The Bertz CT molecular complexity index is 252. The lowest BCUT2D eigenvalue weighted by molar-refractivity contribution is -0.133. The second-order valence-corrected chi connectivity index (χ2v) is 4.40. The van der Waals surface area contributed by atoms with Crippen LogP contribution in [0.3, 0.4) is 0 Å². The van der Waals surface area contributed by atoms with Gasteiger partial charge in [-0.3, -0.25) is 9.59 Å². The maximum Gasteiger partial charge on any atom is 0.239 e. The molecule has 1 unspecified atom stereocenters. The van der Waals surface area contributed by atoms with Crippen molar-refractivity contribution < 1.29 is 14.7 Å². The number of rotatable bonds is 6. The summed E-state index contributed by atoms with van der Waals surface area (Å²) in [5.41, 5.74) is -0.876. The Hall–Kier alpha value is -1.10. The maximum absolute atomic E-state index is 11.4. The summed E-state index contributed by atoms with van der Waals surface area (Å²) in [6.07, 6.45) is 1.49. The molecule has 0 saturated carbocycles. The molecule has 0 aromatic rings. The highest BCUT2D eigenvalue weighted by Crippen LogP contribution is 2.09. The van der Waals surface area contributed by atoms with Crippen LogP contribution >= 0.6 is 0 Å². The Morgan fingerprint density at radius 2 is 2.00 bits per heavy atom. The molecule has 1 atom stereocenters. The van der Waals surface area contributed by atoms with E-state index in [1.165, 1.54) is 11.8 Å². The van der Waals surface area contributed by atoms with Gasteiger partial charge in [0.25, 0.3) is 0 Å². The Morgan fingerprint density at radius 3 is 2.44 bits per heavy atom. The van der Waals surface area contributed by atoms with Crippen LogP contribution in [0.15, 0.2) is 0 Å². The summed E-state index contributed by atoms with van der Waals surface area (Å²) in [5.74, 6) is -0.412. The molecule has 0 bridgehead atoms. The zero-order valence-electron chi connectivity index (χ0n) is 10.5. The largest absolute Gasteiger partial charge is 0.388 e. The number of hydrogen-bond acceptors (Lipinski definition) is 3. The number of carbonyl (C=O) groups is 2. The van der Waals surface area contributed by atoms with E-state index in [4.69, 9.17) is 0 Å². The summed E-state index contributed by atoms with van der Waals surface area (Å²) in [6.45, 7) is 5.30. The second-order valence-electron chi connectivity index (χ2n) is 4.40. The molecular weight excluding hydrogens is 208 g/mol. The molecule has 0 aliphatic heterocycles. The molecule has 2 N–H and O–H groups in total. The van der Waals surface area contributed by atoms with E-state index in [9.17, 15) is 14.7 Å². The molecule has 0 rings (SSSR count). The molecule has 0 aliphatic rings. The second kappa shape index (κ2) is 6.48. The summed E-state index contributed by atoms with van der Waals surface area (Å²) in [4.78, 5) is 23.6. The molecule has 0 aromatic carbocycles. The highest BCUT2D eigenvalue weighted by Gasteiger charge is 2.20. The highest BCUT2D eigenvalue weighted by atomic mass is 16.3. The van der Waals surface area contributed by atoms with Crippen molar-refractivity contribution >= 4 is 11.8 Å². The van der Waals surface area contributed by atoms with Gasteiger partial charge in [-0.15, -0.1) is 0 Å². The van der Waals surface area contributed by atoms with Crippen molar-refractivity contribution in [2.75, 3.05) is 20.1 Å². The first kappa shape index (κ1) is 14.9. The lowest BCUT2D eigenvalue weighted by Gasteiger charge is -2.23. The van der Waals surface area contributed by atoms with Crippen LogP contribution in [-0.4, -0.2) is 47.6 Å². The van der Waals surface area contributed by atoms with Gasteiger partial charge in [0.15, 0.2) is 0 Å². The summed E-state index contributed by atoms with van der Waals surface area (Å²) in [5, 5.41) is 12.4. The van der Waals surface area contributed by atoms with Crippen LogP contribution in [0.1, 0.15) is 33.6 Å². The molecule has 0 radical (unpaired) electrons. The third-order valence-corrected chi connectivity index (χ3v) is 2.37. The average Bonchev–Trinajstić information content (AvgIpc) is 2.14. The molecule has 0 heterocycles. The standard InChI is InChI=1S/C11H22N2O3/c1-5-6-11(3,16)8-12-10(15)7-13(4)9(2)14/h16H,5-8H2,1-4H3,(H,12,15). The van der Waals surface area contributed by atoms with Crippen LogP contribution in [0.5, 0.6) is 0 Å². The first-order chi connectivity index (χ1) is 7.28. The Labute approximate surface area is 96.8 Å². The quantitative estimate of drug-likeness (QED) is 0.681. The van der Waals surface area contributed by atoms with Crippen LogP contribution in [-0.2, 0) is 9.59 Å². The van der Waals surface area contributed by atoms with Crippen molar-refractivity contribution in [3.8, 4) is 0 Å². The normalized spacial score (nSPS) is 14.1. The van der Waals surface area contributed by atoms with Crippen LogP contribution < -0.4 is 5.32 Å². The lowest BCUT2D eigenvalue weighted by atomic mass is 10.0. The fourth-order valence-corrected chi connectivity index (χ4v) is 1.30. The fraction of sp³-hybridized carbons (Fsp3) is 0.818. The lowest BCUT2D eigenvalue weighted by Crippen LogP contribution is -2.44. The van der Waals surface area contributed by atoms with Gasteiger partial charge in [-0.25, -0.2) is 0 Å². The Morgan fingerprint density at radius 1 is 1.44 bits per heavy atom. The number of carbonyl (C=O) groups excluding carboxylic acids is 2. The number of hydrogen-bond donors (Lipinski definition) is 2. The summed E-state index contributed by atoms with van der Waals surface area (Å²) >= 11 is 0. The monoisotopic (exact) mass is 230 g/mol. The van der Waals surface area contributed by atoms with E-state index in [0.29, 0.717) is 6.42 Å². The van der Waals surface area contributed by atoms with Crippen molar-refractivity contribution in [3.05, 3.63) is 0 Å². The number of amides is 2. The van der Waals surface area contributed by atoms with E-state index in [2.05, 4.69) is 5.32 Å². The summed E-state index contributed by atoms with van der Waals surface area (Å²) < 4.78 is 0. The minimum atomic E-state index is -0.876. The molecule has 94 valence electrons. The zero-order valence-corrected chi connectivity index (χ0v) is 10.5. The molecule has 2 amide bonds. The number of nitrogens with one attached hydrogen (secondary N) is 1.